The molecule has 61 valence electrons. The predicted octanol–water partition coefficient (Wildman–Crippen LogP) is 2.85. The standard InChI is InChI=1S/C6H11.C2H3.Co.O/c1-2-4-6-5-3-1;1-2;;/h1H,2-6H2;1H,2H2;;. The summed E-state index contributed by atoms with van der Waals surface area (Å²) in [6, 6.07) is 0. The van der Waals surface area contributed by atoms with Crippen molar-refractivity contribution < 1.29 is 17.5 Å². The van der Waals surface area contributed by atoms with Gasteiger partial charge < -0.3 is 0 Å². The van der Waals surface area contributed by atoms with E-state index in [1.807, 2.05) is 0 Å². The molecule has 1 nitrogen and oxygen atoms in total. The molecule has 0 aromatic heterocycles. The second-order valence-electron chi connectivity index (χ2n) is 2.60. The first-order chi connectivity index (χ1) is 4.84. The molecule has 0 N–H and O–H groups in total. The van der Waals surface area contributed by atoms with Crippen LogP contribution < -0.4 is 0 Å². The maximum atomic E-state index is 11.2. The van der Waals surface area contributed by atoms with Crippen molar-refractivity contribution in [3.63, 3.8) is 0 Å². The molecule has 1 fully saturated rings. The van der Waals surface area contributed by atoms with Gasteiger partial charge in [0.2, 0.25) is 0 Å². The van der Waals surface area contributed by atoms with Gasteiger partial charge in [-0.3, -0.25) is 0 Å². The van der Waals surface area contributed by atoms with Gasteiger partial charge in [-0.1, -0.05) is 0 Å². The van der Waals surface area contributed by atoms with Gasteiger partial charge in [-0.2, -0.15) is 0 Å². The molecule has 0 radical (unpaired) electrons. The number of rotatable bonds is 2. The minimum absolute atomic E-state index is 0.457. The van der Waals surface area contributed by atoms with E-state index < -0.39 is 13.6 Å². The van der Waals surface area contributed by atoms with Crippen molar-refractivity contribution in [2.24, 2.45) is 0 Å². The summed E-state index contributed by atoms with van der Waals surface area (Å²) in [6.07, 6.45) is 6.16. The Kier molecular flexibility index (Phi) is 3.29. The molecule has 0 aromatic rings. The van der Waals surface area contributed by atoms with E-state index in [4.69, 9.17) is 0 Å². The Morgan fingerprint density at radius 2 is 1.90 bits per heavy atom. The molecule has 0 amide bonds. The summed E-state index contributed by atoms with van der Waals surface area (Å²) in [5.41, 5.74) is 0. The fourth-order valence-electron chi connectivity index (χ4n) is 1.34. The third-order valence-corrected chi connectivity index (χ3v) is 3.77. The summed E-state index contributed by atoms with van der Waals surface area (Å²) in [4.78, 5) is 0.457. The molecule has 1 rings (SSSR count). The molecule has 0 saturated heterocycles. The average molecular weight is 185 g/mol. The first-order valence-corrected chi connectivity index (χ1v) is 5.37. The SMILES string of the molecule is C=[CH][Co](=[O])[CH]1CCCCC1. The van der Waals surface area contributed by atoms with E-state index in [-0.39, 0.29) is 0 Å². The van der Waals surface area contributed by atoms with Crippen LogP contribution in [0.3, 0.4) is 0 Å². The van der Waals surface area contributed by atoms with E-state index in [2.05, 4.69) is 6.58 Å². The number of hydrogen-bond acceptors (Lipinski definition) is 1. The first-order valence-electron chi connectivity index (χ1n) is 3.75. The van der Waals surface area contributed by atoms with Gasteiger partial charge in [0.15, 0.2) is 0 Å². The van der Waals surface area contributed by atoms with Crippen molar-refractivity contribution in [2.75, 3.05) is 0 Å². The van der Waals surface area contributed by atoms with Crippen LogP contribution >= 0.6 is 0 Å². The molecule has 1 aliphatic rings. The summed E-state index contributed by atoms with van der Waals surface area (Å²) >= 11 is -1.06. The molecular formula is C8H14CoO. The van der Waals surface area contributed by atoms with Crippen LogP contribution in [0.2, 0.25) is 4.85 Å². The Hall–Kier alpha value is 0.0465. The molecule has 0 atom stereocenters. The molecule has 0 unspecified atom stereocenters. The van der Waals surface area contributed by atoms with Gasteiger partial charge in [0.1, 0.15) is 0 Å². The van der Waals surface area contributed by atoms with Crippen molar-refractivity contribution in [2.45, 2.75) is 37.0 Å². The van der Waals surface area contributed by atoms with E-state index in [1.54, 1.807) is 5.01 Å². The predicted molar refractivity (Wildman–Crippen MR) is 37.7 cm³/mol. The van der Waals surface area contributed by atoms with Gasteiger partial charge >= 0.3 is 66.0 Å². The van der Waals surface area contributed by atoms with Crippen molar-refractivity contribution in [3.05, 3.63) is 11.6 Å². The average Bonchev–Trinajstić information content (AvgIpc) is 2.05. The molecule has 0 aliphatic heterocycles. The normalized spacial score (nSPS) is 22.2. The molecule has 1 aliphatic carbocycles. The van der Waals surface area contributed by atoms with Crippen LogP contribution in [-0.2, 0) is 17.5 Å². The Labute approximate surface area is 66.5 Å². The Morgan fingerprint density at radius 3 is 2.40 bits per heavy atom. The van der Waals surface area contributed by atoms with Crippen LogP contribution in [0.4, 0.5) is 0 Å². The van der Waals surface area contributed by atoms with Gasteiger partial charge in [-0.25, -0.2) is 0 Å². The van der Waals surface area contributed by atoms with Crippen molar-refractivity contribution in [1.82, 2.24) is 0 Å². The van der Waals surface area contributed by atoms with Crippen LogP contribution in [-0.4, -0.2) is 0 Å². The third kappa shape index (κ3) is 2.02. The zero-order chi connectivity index (χ0) is 7.40. The Morgan fingerprint density at radius 1 is 1.30 bits per heavy atom. The van der Waals surface area contributed by atoms with E-state index in [9.17, 15) is 3.87 Å². The summed E-state index contributed by atoms with van der Waals surface area (Å²) in [6.45, 7) is 3.55. The second-order valence-corrected chi connectivity index (χ2v) is 4.72. The van der Waals surface area contributed by atoms with Crippen molar-refractivity contribution in [1.29, 1.82) is 0 Å². The topological polar surface area (TPSA) is 17.1 Å². The van der Waals surface area contributed by atoms with Crippen LogP contribution in [0, 0.1) is 0 Å². The van der Waals surface area contributed by atoms with Gasteiger partial charge in [0.05, 0.1) is 0 Å². The van der Waals surface area contributed by atoms with Crippen molar-refractivity contribution in [3.8, 4) is 0 Å². The quantitative estimate of drug-likeness (QED) is 0.646. The molecular weight excluding hydrogens is 171 g/mol. The summed E-state index contributed by atoms with van der Waals surface area (Å²) in [7, 11) is 0. The molecule has 0 heterocycles. The third-order valence-electron chi connectivity index (χ3n) is 1.91. The summed E-state index contributed by atoms with van der Waals surface area (Å²) in [5, 5.41) is 1.61. The van der Waals surface area contributed by atoms with Crippen LogP contribution in [0.25, 0.3) is 0 Å². The summed E-state index contributed by atoms with van der Waals surface area (Å²) < 4.78 is 11.2. The van der Waals surface area contributed by atoms with Crippen LogP contribution in [0.15, 0.2) is 11.6 Å². The monoisotopic (exact) mass is 185 g/mol. The molecule has 10 heavy (non-hydrogen) atoms. The first kappa shape index (κ1) is 8.15. The van der Waals surface area contributed by atoms with E-state index in [0.717, 1.165) is 12.8 Å². The van der Waals surface area contributed by atoms with E-state index in [1.165, 1.54) is 19.3 Å². The molecule has 2 heteroatoms. The fourth-order valence-corrected chi connectivity index (χ4v) is 2.70. The number of hydrogen-bond donors (Lipinski definition) is 0. The summed E-state index contributed by atoms with van der Waals surface area (Å²) in [5.74, 6) is 0. The van der Waals surface area contributed by atoms with Gasteiger partial charge in [-0.05, 0) is 0 Å². The van der Waals surface area contributed by atoms with E-state index >= 15 is 0 Å². The molecule has 1 saturated carbocycles. The molecule has 0 spiro atoms. The maximum absolute atomic E-state index is 11.2. The fraction of sp³-hybridized carbons (Fsp3) is 0.750. The zero-order valence-electron chi connectivity index (χ0n) is 6.14. The van der Waals surface area contributed by atoms with Gasteiger partial charge in [0.25, 0.3) is 0 Å². The van der Waals surface area contributed by atoms with Crippen LogP contribution in [0.5, 0.6) is 0 Å². The Bertz CT molecular complexity index is 136. The zero-order valence-corrected chi connectivity index (χ0v) is 7.18. The van der Waals surface area contributed by atoms with E-state index in [0.29, 0.717) is 4.85 Å². The molecule has 0 aromatic carbocycles. The van der Waals surface area contributed by atoms with Crippen LogP contribution in [0.1, 0.15) is 32.1 Å². The minimum atomic E-state index is -1.06. The second kappa shape index (κ2) is 4.04. The van der Waals surface area contributed by atoms with Gasteiger partial charge in [-0.15, -0.1) is 0 Å². The molecule has 0 bridgehead atoms. The van der Waals surface area contributed by atoms with Crippen molar-refractivity contribution >= 4 is 0 Å². The Balaban J connectivity index is 2.38. The van der Waals surface area contributed by atoms with Gasteiger partial charge in [0, 0.05) is 0 Å².